The highest BCUT2D eigenvalue weighted by molar-refractivity contribution is 6.24. The Morgan fingerprint density at radius 3 is 2.43 bits per heavy atom. The third-order valence-electron chi connectivity index (χ3n) is 5.46. The zero-order valence-corrected chi connectivity index (χ0v) is 13.0. The molecule has 0 aliphatic carbocycles. The summed E-state index contributed by atoms with van der Waals surface area (Å²) in [7, 11) is 0. The van der Waals surface area contributed by atoms with Gasteiger partial charge in [-0.25, -0.2) is 9.69 Å². The normalized spacial score (nSPS) is 35.0. The van der Waals surface area contributed by atoms with Gasteiger partial charge in [0.25, 0.3) is 0 Å². The number of carbonyl (C=O) groups excluding carboxylic acids is 3. The molecule has 1 spiro atoms. The van der Waals surface area contributed by atoms with E-state index in [1.807, 2.05) is 19.9 Å². The first kappa shape index (κ1) is 14.4. The van der Waals surface area contributed by atoms with E-state index in [0.29, 0.717) is 12.2 Å². The lowest BCUT2D eigenvalue weighted by Gasteiger charge is -2.36. The van der Waals surface area contributed by atoms with Crippen LogP contribution < -0.4 is 10.2 Å². The molecule has 2 amide bonds. The molecular weight excluding hydrogens is 296 g/mol. The maximum Gasteiger partial charge on any atom is 0.327 e. The molecule has 0 saturated carbocycles. The SMILES string of the molecule is CC1(C)COC(=O)[C@@]12NC[C@H]1C(=O)N(c3ccccc3)C(=O)[C@H]12. The van der Waals surface area contributed by atoms with Crippen LogP contribution in [0.25, 0.3) is 0 Å². The number of rotatable bonds is 1. The Balaban J connectivity index is 1.81. The third-order valence-corrected chi connectivity index (χ3v) is 5.46. The zero-order valence-electron chi connectivity index (χ0n) is 13.0. The molecular formula is C17H18N2O4. The van der Waals surface area contributed by atoms with Crippen LogP contribution in [0.5, 0.6) is 0 Å². The molecule has 3 aliphatic heterocycles. The van der Waals surface area contributed by atoms with Crippen LogP contribution in [0.1, 0.15) is 13.8 Å². The number of anilines is 1. The lowest BCUT2D eigenvalue weighted by atomic mass is 9.66. The number of para-hydroxylation sites is 1. The Hall–Kier alpha value is -2.21. The number of carbonyl (C=O) groups is 3. The van der Waals surface area contributed by atoms with Gasteiger partial charge >= 0.3 is 5.97 Å². The molecule has 3 heterocycles. The number of hydrogen-bond donors (Lipinski definition) is 1. The number of nitrogens with one attached hydrogen (secondary N) is 1. The smallest absolute Gasteiger partial charge is 0.327 e. The van der Waals surface area contributed by atoms with Crippen molar-refractivity contribution in [3.05, 3.63) is 30.3 Å². The van der Waals surface area contributed by atoms with Crippen molar-refractivity contribution in [3.63, 3.8) is 0 Å². The molecule has 0 aromatic heterocycles. The van der Waals surface area contributed by atoms with Crippen LogP contribution in [0.4, 0.5) is 5.69 Å². The van der Waals surface area contributed by atoms with Gasteiger partial charge in [0.1, 0.15) is 5.54 Å². The maximum atomic E-state index is 13.0. The fraction of sp³-hybridized carbons (Fsp3) is 0.471. The van der Waals surface area contributed by atoms with E-state index >= 15 is 0 Å². The average Bonchev–Trinajstić information content (AvgIpc) is 3.12. The molecule has 0 bridgehead atoms. The Kier molecular flexibility index (Phi) is 2.76. The lowest BCUT2D eigenvalue weighted by molar-refractivity contribution is -0.147. The van der Waals surface area contributed by atoms with Gasteiger partial charge in [0, 0.05) is 12.0 Å². The first-order valence-electron chi connectivity index (χ1n) is 7.75. The van der Waals surface area contributed by atoms with Gasteiger partial charge in [-0.1, -0.05) is 32.0 Å². The number of imide groups is 1. The number of cyclic esters (lactones) is 1. The molecule has 6 heteroatoms. The van der Waals surface area contributed by atoms with E-state index in [-0.39, 0.29) is 18.4 Å². The van der Waals surface area contributed by atoms with Crippen LogP contribution in [0.15, 0.2) is 30.3 Å². The van der Waals surface area contributed by atoms with Crippen molar-refractivity contribution in [1.82, 2.24) is 5.32 Å². The first-order valence-corrected chi connectivity index (χ1v) is 7.75. The number of fused-ring (bicyclic) bond motifs is 2. The van der Waals surface area contributed by atoms with Crippen molar-refractivity contribution >= 4 is 23.5 Å². The maximum absolute atomic E-state index is 13.0. The molecule has 3 saturated heterocycles. The van der Waals surface area contributed by atoms with Crippen molar-refractivity contribution in [2.45, 2.75) is 19.4 Å². The van der Waals surface area contributed by atoms with E-state index in [1.165, 1.54) is 4.90 Å². The van der Waals surface area contributed by atoms with Gasteiger partial charge in [-0.2, -0.15) is 0 Å². The molecule has 23 heavy (non-hydrogen) atoms. The van der Waals surface area contributed by atoms with Gasteiger partial charge in [0.05, 0.1) is 24.1 Å². The largest absolute Gasteiger partial charge is 0.464 e. The average molecular weight is 314 g/mol. The summed E-state index contributed by atoms with van der Waals surface area (Å²) in [6, 6.07) is 8.86. The summed E-state index contributed by atoms with van der Waals surface area (Å²) < 4.78 is 5.26. The minimum absolute atomic E-state index is 0.244. The van der Waals surface area contributed by atoms with Crippen molar-refractivity contribution in [3.8, 4) is 0 Å². The molecule has 0 unspecified atom stereocenters. The van der Waals surface area contributed by atoms with Gasteiger partial charge in [-0.3, -0.25) is 14.9 Å². The molecule has 120 valence electrons. The molecule has 6 nitrogen and oxygen atoms in total. The Morgan fingerprint density at radius 2 is 1.83 bits per heavy atom. The van der Waals surface area contributed by atoms with Crippen LogP contribution in [0.3, 0.4) is 0 Å². The van der Waals surface area contributed by atoms with E-state index in [4.69, 9.17) is 4.74 Å². The monoisotopic (exact) mass is 314 g/mol. The summed E-state index contributed by atoms with van der Waals surface area (Å²) >= 11 is 0. The molecule has 3 fully saturated rings. The fourth-order valence-corrected chi connectivity index (χ4v) is 4.24. The number of amides is 2. The summed E-state index contributed by atoms with van der Waals surface area (Å²) in [5.41, 5.74) is -1.11. The van der Waals surface area contributed by atoms with Crippen LogP contribution in [0.2, 0.25) is 0 Å². The summed E-state index contributed by atoms with van der Waals surface area (Å²) in [6.45, 7) is 4.36. The first-order chi connectivity index (χ1) is 10.9. The second kappa shape index (κ2) is 4.41. The third kappa shape index (κ3) is 1.59. The second-order valence-electron chi connectivity index (χ2n) is 7.08. The van der Waals surface area contributed by atoms with E-state index in [9.17, 15) is 14.4 Å². The molecule has 1 N–H and O–H groups in total. The summed E-state index contributed by atoms with van der Waals surface area (Å²) in [5.74, 6) is -2.21. The number of nitrogens with zero attached hydrogens (tertiary/aromatic N) is 1. The summed E-state index contributed by atoms with van der Waals surface area (Å²) in [6.07, 6.45) is 0. The van der Waals surface area contributed by atoms with Crippen molar-refractivity contribution in [2.75, 3.05) is 18.1 Å². The van der Waals surface area contributed by atoms with Crippen LogP contribution in [0, 0.1) is 17.3 Å². The van der Waals surface area contributed by atoms with Gasteiger partial charge in [0.2, 0.25) is 11.8 Å². The summed E-state index contributed by atoms with van der Waals surface area (Å²) in [5, 5.41) is 3.16. The molecule has 1 aromatic rings. The predicted octanol–water partition coefficient (Wildman–Crippen LogP) is 0.717. The molecule has 4 rings (SSSR count). The Morgan fingerprint density at radius 1 is 1.13 bits per heavy atom. The van der Waals surface area contributed by atoms with Crippen LogP contribution in [-0.2, 0) is 19.1 Å². The molecule has 0 radical (unpaired) electrons. The lowest BCUT2D eigenvalue weighted by Crippen LogP contribution is -2.60. The van der Waals surface area contributed by atoms with Crippen molar-refractivity contribution < 1.29 is 19.1 Å². The Bertz CT molecular complexity index is 715. The fourth-order valence-electron chi connectivity index (χ4n) is 4.24. The van der Waals surface area contributed by atoms with E-state index < -0.39 is 28.8 Å². The van der Waals surface area contributed by atoms with Crippen LogP contribution >= 0.6 is 0 Å². The van der Waals surface area contributed by atoms with Gasteiger partial charge < -0.3 is 4.74 Å². The van der Waals surface area contributed by atoms with Crippen molar-refractivity contribution in [2.24, 2.45) is 17.3 Å². The molecule has 3 aliphatic rings. The number of ether oxygens (including phenoxy) is 1. The zero-order chi connectivity index (χ0) is 16.4. The predicted molar refractivity (Wildman–Crippen MR) is 81.4 cm³/mol. The van der Waals surface area contributed by atoms with Gasteiger partial charge in [-0.05, 0) is 12.1 Å². The van der Waals surface area contributed by atoms with E-state index in [1.54, 1.807) is 24.3 Å². The standard InChI is InChI=1S/C17H18N2O4/c1-16(2)9-23-15(22)17(16)12-11(8-18-17)13(20)19(14(12)21)10-6-4-3-5-7-10/h3-7,11-12,18H,8-9H2,1-2H3/t11-,12+,17-/m1/s1. The summed E-state index contributed by atoms with van der Waals surface area (Å²) in [4.78, 5) is 39.5. The highest BCUT2D eigenvalue weighted by atomic mass is 16.5. The van der Waals surface area contributed by atoms with E-state index in [2.05, 4.69) is 5.32 Å². The van der Waals surface area contributed by atoms with E-state index in [0.717, 1.165) is 0 Å². The quantitative estimate of drug-likeness (QED) is 0.610. The highest BCUT2D eigenvalue weighted by Gasteiger charge is 2.72. The second-order valence-corrected chi connectivity index (χ2v) is 7.08. The van der Waals surface area contributed by atoms with Crippen molar-refractivity contribution in [1.29, 1.82) is 0 Å². The van der Waals surface area contributed by atoms with Crippen LogP contribution in [-0.4, -0.2) is 36.5 Å². The van der Waals surface area contributed by atoms with Gasteiger partial charge in [-0.15, -0.1) is 0 Å². The number of benzene rings is 1. The Labute approximate surface area is 133 Å². The minimum atomic E-state index is -1.12. The molecule has 3 atom stereocenters. The number of hydrogen-bond acceptors (Lipinski definition) is 5. The molecule has 1 aromatic carbocycles. The number of esters is 1. The van der Waals surface area contributed by atoms with Gasteiger partial charge in [0.15, 0.2) is 0 Å². The minimum Gasteiger partial charge on any atom is -0.464 e. The topological polar surface area (TPSA) is 75.7 Å². The highest BCUT2D eigenvalue weighted by Crippen LogP contribution is 2.52.